The number of anilines is 1. The van der Waals surface area contributed by atoms with Gasteiger partial charge >= 0.3 is 6.03 Å². The highest BCUT2D eigenvalue weighted by molar-refractivity contribution is 5.91. The maximum Gasteiger partial charge on any atom is 0.321 e. The number of carbonyl (C=O) groups is 2. The Morgan fingerprint density at radius 2 is 2.11 bits per heavy atom. The third kappa shape index (κ3) is 3.10. The lowest BCUT2D eigenvalue weighted by Crippen LogP contribution is -2.45. The average molecular weight is 257 g/mol. The number of hydrogen-bond donors (Lipinski definition) is 1. The molecule has 2 rings (SSSR count). The van der Waals surface area contributed by atoms with Gasteiger partial charge in [0, 0.05) is 31.1 Å². The molecule has 0 radical (unpaired) electrons. The average Bonchev–Trinajstić information content (AvgIpc) is 2.42. The number of nitriles is 1. The third-order valence-electron chi connectivity index (χ3n) is 3.22. The number of hydrogen-bond acceptors (Lipinski definition) is 3. The Morgan fingerprint density at radius 3 is 2.68 bits per heavy atom. The van der Waals surface area contributed by atoms with E-state index < -0.39 is 0 Å². The molecule has 0 spiro atoms. The second kappa shape index (κ2) is 5.53. The number of urea groups is 1. The van der Waals surface area contributed by atoms with Crippen LogP contribution >= 0.6 is 0 Å². The van der Waals surface area contributed by atoms with E-state index in [1.807, 2.05) is 13.0 Å². The van der Waals surface area contributed by atoms with Gasteiger partial charge in [-0.25, -0.2) is 4.79 Å². The van der Waals surface area contributed by atoms with E-state index in [1.54, 1.807) is 29.2 Å². The Hall–Kier alpha value is -2.35. The van der Waals surface area contributed by atoms with Crippen molar-refractivity contribution in [1.82, 2.24) is 4.90 Å². The molecule has 5 nitrogen and oxygen atoms in total. The number of ketones is 1. The standard InChI is InChI=1S/C14H15N3O2/c1-10-9-17(7-6-13(10)18)14(19)16-12-4-2-11(8-15)3-5-12/h2-5,10H,6-7,9H2,1H3,(H,16,19). The first-order chi connectivity index (χ1) is 9.10. The van der Waals surface area contributed by atoms with Crippen molar-refractivity contribution in [3.05, 3.63) is 29.8 Å². The molecule has 0 aromatic heterocycles. The molecule has 1 unspecified atom stereocenters. The molecule has 1 aromatic rings. The van der Waals surface area contributed by atoms with Crippen LogP contribution in [0.25, 0.3) is 0 Å². The van der Waals surface area contributed by atoms with Gasteiger partial charge < -0.3 is 10.2 Å². The molecule has 2 amide bonds. The second-order valence-electron chi connectivity index (χ2n) is 4.68. The van der Waals surface area contributed by atoms with E-state index in [-0.39, 0.29) is 17.7 Å². The van der Waals surface area contributed by atoms with Crippen LogP contribution in [0.15, 0.2) is 24.3 Å². The molecule has 0 saturated carbocycles. The van der Waals surface area contributed by atoms with Crippen molar-refractivity contribution in [2.75, 3.05) is 18.4 Å². The second-order valence-corrected chi connectivity index (χ2v) is 4.68. The Balaban J connectivity index is 1.97. The van der Waals surface area contributed by atoms with Crippen LogP contribution in [0.5, 0.6) is 0 Å². The molecule has 1 aromatic carbocycles. The smallest absolute Gasteiger partial charge is 0.321 e. The van der Waals surface area contributed by atoms with Gasteiger partial charge in [0.15, 0.2) is 0 Å². The van der Waals surface area contributed by atoms with Crippen molar-refractivity contribution < 1.29 is 9.59 Å². The SMILES string of the molecule is CC1CN(C(=O)Nc2ccc(C#N)cc2)CCC1=O. The van der Waals surface area contributed by atoms with Crippen molar-refractivity contribution >= 4 is 17.5 Å². The molecule has 1 saturated heterocycles. The van der Waals surface area contributed by atoms with E-state index in [4.69, 9.17) is 5.26 Å². The zero-order chi connectivity index (χ0) is 13.8. The van der Waals surface area contributed by atoms with Crippen molar-refractivity contribution in [2.24, 2.45) is 5.92 Å². The summed E-state index contributed by atoms with van der Waals surface area (Å²) in [6.45, 7) is 2.76. The molecule has 98 valence electrons. The minimum absolute atomic E-state index is 0.0968. The fourth-order valence-electron chi connectivity index (χ4n) is 2.03. The number of piperidine rings is 1. The lowest BCUT2D eigenvalue weighted by molar-refractivity contribution is -0.124. The van der Waals surface area contributed by atoms with Crippen LogP contribution in [0.4, 0.5) is 10.5 Å². The summed E-state index contributed by atoms with van der Waals surface area (Å²) in [5.74, 6) is 0.114. The van der Waals surface area contributed by atoms with E-state index in [2.05, 4.69) is 5.32 Å². The first-order valence-electron chi connectivity index (χ1n) is 6.19. The number of nitrogens with one attached hydrogen (secondary N) is 1. The van der Waals surface area contributed by atoms with Crippen LogP contribution in [-0.2, 0) is 4.79 Å². The Kier molecular flexibility index (Phi) is 3.81. The van der Waals surface area contributed by atoms with Gasteiger partial charge in [-0.1, -0.05) is 6.92 Å². The number of likely N-dealkylation sites (tertiary alicyclic amines) is 1. The lowest BCUT2D eigenvalue weighted by Gasteiger charge is -2.30. The first-order valence-corrected chi connectivity index (χ1v) is 6.19. The fourth-order valence-corrected chi connectivity index (χ4v) is 2.03. The molecule has 1 aliphatic rings. The number of rotatable bonds is 1. The van der Waals surface area contributed by atoms with Crippen molar-refractivity contribution in [1.29, 1.82) is 5.26 Å². The maximum absolute atomic E-state index is 12.0. The van der Waals surface area contributed by atoms with Crippen molar-refractivity contribution in [3.63, 3.8) is 0 Å². The molecule has 19 heavy (non-hydrogen) atoms. The summed E-state index contributed by atoms with van der Waals surface area (Å²) < 4.78 is 0. The normalized spacial score (nSPS) is 18.8. The zero-order valence-electron chi connectivity index (χ0n) is 10.7. The van der Waals surface area contributed by atoms with Gasteiger partial charge in [-0.3, -0.25) is 4.79 Å². The Labute approximate surface area is 111 Å². The fraction of sp³-hybridized carbons (Fsp3) is 0.357. The zero-order valence-corrected chi connectivity index (χ0v) is 10.7. The highest BCUT2D eigenvalue weighted by Gasteiger charge is 2.26. The van der Waals surface area contributed by atoms with E-state index in [0.717, 1.165) is 0 Å². The minimum Gasteiger partial charge on any atom is -0.323 e. The molecule has 1 fully saturated rings. The molecule has 1 aliphatic heterocycles. The summed E-state index contributed by atoms with van der Waals surface area (Å²) in [5, 5.41) is 11.5. The van der Waals surface area contributed by atoms with E-state index >= 15 is 0 Å². The predicted octanol–water partition coefficient (Wildman–Crippen LogP) is 2.00. The van der Waals surface area contributed by atoms with Crippen molar-refractivity contribution in [2.45, 2.75) is 13.3 Å². The molecular formula is C14H15N3O2. The topological polar surface area (TPSA) is 73.2 Å². The predicted molar refractivity (Wildman–Crippen MR) is 70.5 cm³/mol. The first kappa shape index (κ1) is 13.1. The van der Waals surface area contributed by atoms with Crippen LogP contribution in [0, 0.1) is 17.2 Å². The quantitative estimate of drug-likeness (QED) is 0.836. The van der Waals surface area contributed by atoms with Gasteiger partial charge in [0.25, 0.3) is 0 Å². The minimum atomic E-state index is -0.205. The summed E-state index contributed by atoms with van der Waals surface area (Å²) in [6, 6.07) is 8.50. The summed E-state index contributed by atoms with van der Waals surface area (Å²) in [4.78, 5) is 25.1. The molecule has 0 bridgehead atoms. The third-order valence-corrected chi connectivity index (χ3v) is 3.22. The number of Topliss-reactive ketones (excluding diaryl/α,β-unsaturated/α-hetero) is 1. The van der Waals surface area contributed by atoms with Gasteiger partial charge in [-0.05, 0) is 24.3 Å². The van der Waals surface area contributed by atoms with Crippen LogP contribution in [-0.4, -0.2) is 29.8 Å². The van der Waals surface area contributed by atoms with Gasteiger partial charge in [-0.2, -0.15) is 5.26 Å². The van der Waals surface area contributed by atoms with Gasteiger partial charge in [0.05, 0.1) is 11.6 Å². The van der Waals surface area contributed by atoms with Gasteiger partial charge in [-0.15, -0.1) is 0 Å². The summed E-state index contributed by atoms with van der Waals surface area (Å²) in [5.41, 5.74) is 1.20. The lowest BCUT2D eigenvalue weighted by atomic mass is 9.99. The molecule has 1 atom stereocenters. The summed E-state index contributed by atoms with van der Waals surface area (Å²) in [7, 11) is 0. The Morgan fingerprint density at radius 1 is 1.42 bits per heavy atom. The largest absolute Gasteiger partial charge is 0.323 e. The van der Waals surface area contributed by atoms with Crippen LogP contribution in [0.1, 0.15) is 18.9 Å². The molecule has 1 N–H and O–H groups in total. The van der Waals surface area contributed by atoms with Crippen LogP contribution in [0.2, 0.25) is 0 Å². The monoisotopic (exact) mass is 257 g/mol. The van der Waals surface area contributed by atoms with Crippen LogP contribution in [0.3, 0.4) is 0 Å². The summed E-state index contributed by atoms with van der Waals surface area (Å²) >= 11 is 0. The van der Waals surface area contributed by atoms with E-state index in [0.29, 0.717) is 30.8 Å². The molecule has 5 heteroatoms. The van der Waals surface area contributed by atoms with Crippen molar-refractivity contribution in [3.8, 4) is 6.07 Å². The summed E-state index contributed by atoms with van der Waals surface area (Å²) in [6.07, 6.45) is 0.419. The molecular weight excluding hydrogens is 242 g/mol. The van der Waals surface area contributed by atoms with E-state index in [9.17, 15) is 9.59 Å². The number of amides is 2. The van der Waals surface area contributed by atoms with Gasteiger partial charge in [0.2, 0.25) is 0 Å². The van der Waals surface area contributed by atoms with Crippen LogP contribution < -0.4 is 5.32 Å². The molecule has 1 heterocycles. The number of nitrogens with zero attached hydrogens (tertiary/aromatic N) is 2. The number of carbonyl (C=O) groups excluding carboxylic acids is 2. The number of benzene rings is 1. The highest BCUT2D eigenvalue weighted by atomic mass is 16.2. The molecule has 0 aliphatic carbocycles. The Bertz CT molecular complexity index is 531. The van der Waals surface area contributed by atoms with E-state index in [1.165, 1.54) is 0 Å². The van der Waals surface area contributed by atoms with Gasteiger partial charge in [0.1, 0.15) is 5.78 Å². The maximum atomic E-state index is 12.0. The highest BCUT2D eigenvalue weighted by Crippen LogP contribution is 2.15.